The van der Waals surface area contributed by atoms with Crippen molar-refractivity contribution in [3.63, 3.8) is 0 Å². The minimum atomic E-state index is 0.0372. The van der Waals surface area contributed by atoms with Crippen molar-refractivity contribution >= 4 is 41.1 Å². The lowest BCUT2D eigenvalue weighted by Crippen LogP contribution is -2.12. The van der Waals surface area contributed by atoms with Crippen LogP contribution in [0.4, 0.5) is 0 Å². The fraction of sp³-hybridized carbons (Fsp3) is 0.107. The highest BCUT2D eigenvalue weighted by atomic mass is 35.5. The Labute approximate surface area is 201 Å². The van der Waals surface area contributed by atoms with E-state index in [4.69, 9.17) is 32.0 Å². The number of benzene rings is 2. The van der Waals surface area contributed by atoms with Crippen LogP contribution in [0.15, 0.2) is 92.8 Å². The van der Waals surface area contributed by atoms with Gasteiger partial charge in [-0.1, -0.05) is 23.2 Å². The van der Waals surface area contributed by atoms with Crippen LogP contribution in [0.3, 0.4) is 0 Å². The smallest absolute Gasteiger partial charge is 0.185 e. The Balaban J connectivity index is 1.35. The lowest BCUT2D eigenvalue weighted by atomic mass is 9.88. The van der Waals surface area contributed by atoms with E-state index in [1.165, 1.54) is 0 Å². The Morgan fingerprint density at radius 1 is 0.606 bits per heavy atom. The predicted molar refractivity (Wildman–Crippen MR) is 133 cm³/mol. The average molecular weight is 475 g/mol. The quantitative estimate of drug-likeness (QED) is 0.277. The molecule has 1 aliphatic carbocycles. The van der Waals surface area contributed by atoms with Crippen molar-refractivity contribution in [2.24, 2.45) is 0 Å². The maximum atomic E-state index is 13.1. The molecule has 3 nitrogen and oxygen atoms in total. The molecule has 0 unspecified atom stereocenters. The fourth-order valence-corrected chi connectivity index (χ4v) is 4.17. The van der Waals surface area contributed by atoms with Gasteiger partial charge in [-0.25, -0.2) is 0 Å². The zero-order valence-electron chi connectivity index (χ0n) is 17.7. The molecule has 5 heteroatoms. The molecule has 164 valence electrons. The molecule has 0 N–H and O–H groups in total. The van der Waals surface area contributed by atoms with Crippen LogP contribution < -0.4 is 0 Å². The molecule has 0 amide bonds. The summed E-state index contributed by atoms with van der Waals surface area (Å²) in [7, 11) is 0. The second-order valence-electron chi connectivity index (χ2n) is 7.94. The number of furan rings is 2. The van der Waals surface area contributed by atoms with Crippen LogP contribution in [0.2, 0.25) is 10.0 Å². The van der Waals surface area contributed by atoms with Gasteiger partial charge in [0.1, 0.15) is 23.0 Å². The van der Waals surface area contributed by atoms with Gasteiger partial charge in [-0.3, -0.25) is 4.79 Å². The third kappa shape index (κ3) is 4.90. The van der Waals surface area contributed by atoms with Crippen molar-refractivity contribution in [3.8, 4) is 22.6 Å². The first-order valence-corrected chi connectivity index (χ1v) is 11.5. The van der Waals surface area contributed by atoms with E-state index in [-0.39, 0.29) is 5.78 Å². The monoisotopic (exact) mass is 474 g/mol. The summed E-state index contributed by atoms with van der Waals surface area (Å²) in [6, 6.07) is 22.5. The van der Waals surface area contributed by atoms with Crippen molar-refractivity contribution in [2.75, 3.05) is 0 Å². The maximum Gasteiger partial charge on any atom is 0.185 e. The molecule has 5 rings (SSSR count). The number of hydrogen-bond acceptors (Lipinski definition) is 3. The Morgan fingerprint density at radius 2 is 1.03 bits per heavy atom. The number of Topliss-reactive ketones (excluding diaryl/α,β-unsaturated/α-hetero) is 1. The van der Waals surface area contributed by atoms with Crippen LogP contribution in [-0.4, -0.2) is 5.78 Å². The number of ketones is 1. The van der Waals surface area contributed by atoms with Crippen molar-refractivity contribution < 1.29 is 13.6 Å². The van der Waals surface area contributed by atoms with E-state index in [1.807, 2.05) is 84.9 Å². The average Bonchev–Trinajstić information content (AvgIpc) is 3.48. The minimum Gasteiger partial charge on any atom is -0.457 e. The van der Waals surface area contributed by atoms with E-state index >= 15 is 0 Å². The molecule has 4 aromatic rings. The van der Waals surface area contributed by atoms with Gasteiger partial charge < -0.3 is 8.83 Å². The summed E-state index contributed by atoms with van der Waals surface area (Å²) in [5.41, 5.74) is 3.37. The fourth-order valence-electron chi connectivity index (χ4n) is 3.92. The third-order valence-electron chi connectivity index (χ3n) is 5.62. The maximum absolute atomic E-state index is 13.1. The van der Waals surface area contributed by atoms with Gasteiger partial charge in [-0.05, 0) is 104 Å². The SMILES string of the molecule is O=C1/C(=C/c2ccc(-c3ccc(Cl)cc3)o2)CCC/C1=C\c1ccc(-c2ccc(Cl)cc2)o1. The van der Waals surface area contributed by atoms with Gasteiger partial charge in [-0.15, -0.1) is 0 Å². The highest BCUT2D eigenvalue weighted by Gasteiger charge is 2.21. The Bertz CT molecular complexity index is 1250. The van der Waals surface area contributed by atoms with Crippen molar-refractivity contribution in [1.82, 2.24) is 0 Å². The predicted octanol–water partition coefficient (Wildman–Crippen LogP) is 8.73. The molecule has 2 aromatic heterocycles. The molecule has 0 saturated heterocycles. The molecule has 0 bridgehead atoms. The van der Waals surface area contributed by atoms with Crippen LogP contribution in [0.5, 0.6) is 0 Å². The molecule has 1 saturated carbocycles. The Hall–Kier alpha value is -3.27. The van der Waals surface area contributed by atoms with Crippen LogP contribution in [-0.2, 0) is 4.79 Å². The van der Waals surface area contributed by atoms with Crippen molar-refractivity contribution in [3.05, 3.63) is 106 Å². The minimum absolute atomic E-state index is 0.0372. The molecule has 33 heavy (non-hydrogen) atoms. The highest BCUT2D eigenvalue weighted by molar-refractivity contribution is 6.30. The molecular formula is C28H20Cl2O3. The molecule has 1 aliphatic rings. The van der Waals surface area contributed by atoms with Crippen molar-refractivity contribution in [1.29, 1.82) is 0 Å². The molecule has 0 spiro atoms. The normalized spacial score (nSPS) is 16.6. The van der Waals surface area contributed by atoms with Gasteiger partial charge in [0, 0.05) is 32.3 Å². The number of carbonyl (C=O) groups excluding carboxylic acids is 1. The van der Waals surface area contributed by atoms with Crippen LogP contribution >= 0.6 is 23.2 Å². The number of hydrogen-bond donors (Lipinski definition) is 0. The summed E-state index contributed by atoms with van der Waals surface area (Å²) in [4.78, 5) is 13.1. The zero-order valence-corrected chi connectivity index (χ0v) is 19.2. The second kappa shape index (κ2) is 9.30. The highest BCUT2D eigenvalue weighted by Crippen LogP contribution is 2.31. The van der Waals surface area contributed by atoms with Gasteiger partial charge in [0.05, 0.1) is 0 Å². The Morgan fingerprint density at radius 3 is 1.45 bits per heavy atom. The van der Waals surface area contributed by atoms with Gasteiger partial charge in [-0.2, -0.15) is 0 Å². The van der Waals surface area contributed by atoms with Gasteiger partial charge in [0.15, 0.2) is 5.78 Å². The van der Waals surface area contributed by atoms with Crippen molar-refractivity contribution in [2.45, 2.75) is 19.3 Å². The number of carbonyl (C=O) groups is 1. The second-order valence-corrected chi connectivity index (χ2v) is 8.81. The third-order valence-corrected chi connectivity index (χ3v) is 6.12. The first-order valence-electron chi connectivity index (χ1n) is 10.7. The van der Waals surface area contributed by atoms with E-state index in [0.29, 0.717) is 21.6 Å². The van der Waals surface area contributed by atoms with Crippen LogP contribution in [0, 0.1) is 0 Å². The van der Waals surface area contributed by atoms with Gasteiger partial charge in [0.25, 0.3) is 0 Å². The molecule has 0 radical (unpaired) electrons. The zero-order chi connectivity index (χ0) is 22.8. The van der Waals surface area contributed by atoms with E-state index < -0.39 is 0 Å². The van der Waals surface area contributed by atoms with Gasteiger partial charge in [0.2, 0.25) is 0 Å². The molecule has 2 heterocycles. The van der Waals surface area contributed by atoms with E-state index in [9.17, 15) is 4.79 Å². The van der Waals surface area contributed by atoms with E-state index in [1.54, 1.807) is 0 Å². The summed E-state index contributed by atoms with van der Waals surface area (Å²) in [5, 5.41) is 1.35. The molecule has 0 atom stereocenters. The summed E-state index contributed by atoms with van der Waals surface area (Å²) in [6.07, 6.45) is 6.04. The summed E-state index contributed by atoms with van der Waals surface area (Å²) >= 11 is 11.9. The summed E-state index contributed by atoms with van der Waals surface area (Å²) < 4.78 is 11.9. The number of allylic oxidation sites excluding steroid dienone is 2. The van der Waals surface area contributed by atoms with Crippen LogP contribution in [0.1, 0.15) is 30.8 Å². The first kappa shape index (κ1) is 21.6. The standard InChI is InChI=1S/C28H20Cl2O3/c29-22-8-4-18(5-9-22)26-14-12-24(32-26)16-20-2-1-3-21(28(20)31)17-25-13-15-27(33-25)19-6-10-23(30)11-7-19/h4-17H,1-3H2/b20-16+,21-17+. The topological polar surface area (TPSA) is 43.4 Å². The molecule has 2 aromatic carbocycles. The van der Waals surface area contributed by atoms with E-state index in [0.717, 1.165) is 53.1 Å². The molecule has 1 fully saturated rings. The van der Waals surface area contributed by atoms with E-state index in [2.05, 4.69) is 0 Å². The molecular weight excluding hydrogens is 455 g/mol. The van der Waals surface area contributed by atoms with Crippen LogP contribution in [0.25, 0.3) is 34.8 Å². The first-order chi connectivity index (χ1) is 16.0. The molecule has 0 aliphatic heterocycles. The largest absolute Gasteiger partial charge is 0.457 e. The number of halogens is 2. The lowest BCUT2D eigenvalue weighted by molar-refractivity contribution is -0.112. The van der Waals surface area contributed by atoms with Gasteiger partial charge >= 0.3 is 0 Å². The Kier molecular flexibility index (Phi) is 6.08. The summed E-state index contributed by atoms with van der Waals surface area (Å²) in [5.74, 6) is 2.83. The number of rotatable bonds is 4. The lowest BCUT2D eigenvalue weighted by Gasteiger charge is -2.15. The summed E-state index contributed by atoms with van der Waals surface area (Å²) in [6.45, 7) is 0.